The van der Waals surface area contributed by atoms with Gasteiger partial charge in [-0.1, -0.05) is 20.8 Å². The second kappa shape index (κ2) is 4.41. The van der Waals surface area contributed by atoms with E-state index in [1.54, 1.807) is 0 Å². The van der Waals surface area contributed by atoms with Crippen LogP contribution in [0.2, 0.25) is 0 Å². The molecular weight excluding hydrogens is 208 g/mol. The Hall–Kier alpha value is -0.890. The average molecular weight is 232 g/mol. The van der Waals surface area contributed by atoms with Gasteiger partial charge >= 0.3 is 0 Å². The van der Waals surface area contributed by atoms with E-state index < -0.39 is 0 Å². The summed E-state index contributed by atoms with van der Waals surface area (Å²) in [5.74, 6) is 0.808. The van der Waals surface area contributed by atoms with Crippen molar-refractivity contribution in [3.63, 3.8) is 0 Å². The molecule has 0 bridgehead atoms. The summed E-state index contributed by atoms with van der Waals surface area (Å²) in [5.41, 5.74) is 4.24. The van der Waals surface area contributed by atoms with Crippen LogP contribution in [0.3, 0.4) is 0 Å². The van der Waals surface area contributed by atoms with Crippen LogP contribution in [0.25, 0.3) is 0 Å². The summed E-state index contributed by atoms with van der Waals surface area (Å²) in [4.78, 5) is 6.95. The Balaban J connectivity index is 2.14. The number of likely N-dealkylation sites (tertiary alicyclic amines) is 1. The van der Waals surface area contributed by atoms with E-state index in [0.717, 1.165) is 12.3 Å². The molecule has 1 fully saturated rings. The van der Waals surface area contributed by atoms with Crippen molar-refractivity contribution >= 4 is 0 Å². The fourth-order valence-corrected chi connectivity index (χ4v) is 2.74. The summed E-state index contributed by atoms with van der Waals surface area (Å²) in [6.45, 7) is 11.4. The number of hydrogen-bond donors (Lipinski definition) is 0. The molecule has 2 heterocycles. The van der Waals surface area contributed by atoms with E-state index in [1.165, 1.54) is 29.9 Å². The number of nitrogens with zero attached hydrogens (tertiary/aromatic N) is 2. The molecule has 1 aromatic heterocycles. The van der Waals surface area contributed by atoms with Crippen molar-refractivity contribution in [1.29, 1.82) is 0 Å². The molecule has 94 valence electrons. The maximum Gasteiger partial charge on any atom is 0.0410 e. The van der Waals surface area contributed by atoms with Crippen LogP contribution in [0.5, 0.6) is 0 Å². The molecule has 17 heavy (non-hydrogen) atoms. The number of hydrogen-bond acceptors (Lipinski definition) is 2. The van der Waals surface area contributed by atoms with Gasteiger partial charge in [-0.3, -0.25) is 4.98 Å². The molecule has 1 aromatic rings. The average Bonchev–Trinajstić information content (AvgIpc) is 2.16. The molecule has 0 N–H and O–H groups in total. The van der Waals surface area contributed by atoms with Crippen LogP contribution in [-0.2, 0) is 11.8 Å². The van der Waals surface area contributed by atoms with Gasteiger partial charge in [-0.15, -0.1) is 0 Å². The zero-order valence-corrected chi connectivity index (χ0v) is 11.7. The second-order valence-corrected chi connectivity index (χ2v) is 6.53. The summed E-state index contributed by atoms with van der Waals surface area (Å²) < 4.78 is 0. The normalized spacial score (nSPS) is 18.2. The molecule has 2 heteroatoms. The maximum atomic E-state index is 4.58. The van der Waals surface area contributed by atoms with Gasteiger partial charge in [0.25, 0.3) is 0 Å². The van der Waals surface area contributed by atoms with Crippen LogP contribution < -0.4 is 0 Å². The number of pyridine rings is 1. The van der Waals surface area contributed by atoms with Gasteiger partial charge in [-0.25, -0.2) is 0 Å². The lowest BCUT2D eigenvalue weighted by atomic mass is 9.83. The Morgan fingerprint density at radius 2 is 2.00 bits per heavy atom. The zero-order valence-electron chi connectivity index (χ0n) is 11.7. The Labute approximate surface area is 105 Å². The maximum absolute atomic E-state index is 4.58. The standard InChI is InChI=1S/C15H24N2/c1-11-8-16-13(6-12-9-17(5)10-12)7-14(11)15(2,3)4/h7-8,12H,6,9-10H2,1-5H3. The summed E-state index contributed by atoms with van der Waals surface area (Å²) in [6.07, 6.45) is 3.17. The molecule has 2 rings (SSSR count). The lowest BCUT2D eigenvalue weighted by Crippen LogP contribution is -2.44. The van der Waals surface area contributed by atoms with Crippen LogP contribution in [0.4, 0.5) is 0 Å². The molecule has 1 aliphatic heterocycles. The third-order valence-corrected chi connectivity index (χ3v) is 3.61. The molecule has 0 spiro atoms. The van der Waals surface area contributed by atoms with Gasteiger partial charge in [-0.05, 0) is 48.9 Å². The Kier molecular flexibility index (Phi) is 3.26. The SMILES string of the molecule is Cc1cnc(CC2CN(C)C2)cc1C(C)(C)C. The summed E-state index contributed by atoms with van der Waals surface area (Å²) in [5, 5.41) is 0. The van der Waals surface area contributed by atoms with Crippen molar-refractivity contribution in [2.75, 3.05) is 20.1 Å². The Morgan fingerprint density at radius 3 is 2.53 bits per heavy atom. The number of aromatic nitrogens is 1. The number of rotatable bonds is 2. The minimum absolute atomic E-state index is 0.220. The predicted octanol–water partition coefficient (Wildman–Crippen LogP) is 2.79. The highest BCUT2D eigenvalue weighted by atomic mass is 15.2. The summed E-state index contributed by atoms with van der Waals surface area (Å²) in [6, 6.07) is 2.31. The molecule has 0 radical (unpaired) electrons. The fraction of sp³-hybridized carbons (Fsp3) is 0.667. The van der Waals surface area contributed by atoms with Crippen LogP contribution in [0, 0.1) is 12.8 Å². The van der Waals surface area contributed by atoms with Gasteiger partial charge in [0.05, 0.1) is 0 Å². The van der Waals surface area contributed by atoms with Gasteiger partial charge in [0.15, 0.2) is 0 Å². The minimum atomic E-state index is 0.220. The highest BCUT2D eigenvalue weighted by Crippen LogP contribution is 2.27. The third kappa shape index (κ3) is 2.86. The van der Waals surface area contributed by atoms with E-state index in [9.17, 15) is 0 Å². The van der Waals surface area contributed by atoms with Crippen LogP contribution in [0.1, 0.15) is 37.6 Å². The van der Waals surface area contributed by atoms with E-state index in [0.29, 0.717) is 0 Å². The van der Waals surface area contributed by atoms with Gasteiger partial charge in [0.1, 0.15) is 0 Å². The molecule has 0 aliphatic carbocycles. The molecule has 1 aliphatic rings. The van der Waals surface area contributed by atoms with Crippen LogP contribution >= 0.6 is 0 Å². The third-order valence-electron chi connectivity index (χ3n) is 3.61. The first-order valence-electron chi connectivity index (χ1n) is 6.51. The van der Waals surface area contributed by atoms with Gasteiger partial charge in [0.2, 0.25) is 0 Å². The van der Waals surface area contributed by atoms with E-state index in [1.807, 2.05) is 6.20 Å². The molecule has 0 amide bonds. The van der Waals surface area contributed by atoms with Gasteiger partial charge in [0, 0.05) is 25.0 Å². The quantitative estimate of drug-likeness (QED) is 0.779. The first kappa shape index (κ1) is 12.6. The van der Waals surface area contributed by atoms with Crippen LogP contribution in [-0.4, -0.2) is 30.0 Å². The molecular formula is C15H24N2. The zero-order chi connectivity index (χ0) is 12.6. The minimum Gasteiger partial charge on any atom is -0.306 e. The Bertz CT molecular complexity index is 398. The number of aryl methyl sites for hydroxylation is 1. The summed E-state index contributed by atoms with van der Waals surface area (Å²) >= 11 is 0. The van der Waals surface area contributed by atoms with Crippen LogP contribution in [0.15, 0.2) is 12.3 Å². The predicted molar refractivity (Wildman–Crippen MR) is 72.4 cm³/mol. The Morgan fingerprint density at radius 1 is 1.35 bits per heavy atom. The van der Waals surface area contributed by atoms with Gasteiger partial charge in [-0.2, -0.15) is 0 Å². The summed E-state index contributed by atoms with van der Waals surface area (Å²) in [7, 11) is 2.18. The van der Waals surface area contributed by atoms with Crippen molar-refractivity contribution in [1.82, 2.24) is 9.88 Å². The fourth-order valence-electron chi connectivity index (χ4n) is 2.74. The van der Waals surface area contributed by atoms with Crippen molar-refractivity contribution in [3.8, 4) is 0 Å². The lowest BCUT2D eigenvalue weighted by Gasteiger charge is -2.36. The highest BCUT2D eigenvalue weighted by Gasteiger charge is 2.24. The van der Waals surface area contributed by atoms with Crippen molar-refractivity contribution in [2.24, 2.45) is 5.92 Å². The molecule has 0 saturated carbocycles. The molecule has 2 nitrogen and oxygen atoms in total. The monoisotopic (exact) mass is 232 g/mol. The van der Waals surface area contributed by atoms with E-state index in [2.05, 4.69) is 50.7 Å². The van der Waals surface area contributed by atoms with E-state index in [-0.39, 0.29) is 5.41 Å². The lowest BCUT2D eigenvalue weighted by molar-refractivity contribution is 0.134. The topological polar surface area (TPSA) is 16.1 Å². The smallest absolute Gasteiger partial charge is 0.0410 e. The van der Waals surface area contributed by atoms with Crippen molar-refractivity contribution < 1.29 is 0 Å². The molecule has 1 saturated heterocycles. The van der Waals surface area contributed by atoms with Gasteiger partial charge < -0.3 is 4.90 Å². The van der Waals surface area contributed by atoms with Crippen molar-refractivity contribution in [2.45, 2.75) is 39.5 Å². The molecule has 0 unspecified atom stereocenters. The van der Waals surface area contributed by atoms with E-state index >= 15 is 0 Å². The largest absolute Gasteiger partial charge is 0.306 e. The first-order valence-corrected chi connectivity index (χ1v) is 6.51. The first-order chi connectivity index (χ1) is 7.86. The highest BCUT2D eigenvalue weighted by molar-refractivity contribution is 5.31. The molecule has 0 atom stereocenters. The molecule has 0 aromatic carbocycles. The van der Waals surface area contributed by atoms with Crippen molar-refractivity contribution in [3.05, 3.63) is 29.1 Å². The second-order valence-electron chi connectivity index (χ2n) is 6.53. The van der Waals surface area contributed by atoms with E-state index in [4.69, 9.17) is 0 Å².